The molecule has 0 unspecified atom stereocenters. The van der Waals surface area contributed by atoms with Crippen molar-refractivity contribution < 1.29 is 22.5 Å². The molecule has 5 nitrogen and oxygen atoms in total. The molecule has 8 heteroatoms. The van der Waals surface area contributed by atoms with Gasteiger partial charge in [0.15, 0.2) is 5.82 Å². The van der Waals surface area contributed by atoms with Gasteiger partial charge in [0, 0.05) is 23.1 Å². The Labute approximate surface area is 160 Å². The molecule has 0 aliphatic heterocycles. The lowest BCUT2D eigenvalue weighted by Crippen LogP contribution is -2.39. The fraction of sp³-hybridized carbons (Fsp3) is 0.550. The third kappa shape index (κ3) is 3.91. The molecule has 1 amide bonds. The number of hydrogen-bond donors (Lipinski definition) is 1. The molecule has 0 bridgehead atoms. The average molecular weight is 393 g/mol. The summed E-state index contributed by atoms with van der Waals surface area (Å²) in [4.78, 5) is 17.0. The SMILES string of the molecule is Cc1cc(-c2nc(C3CC3)no2)ccc1NC(=O)[C@@H]1CCCC[C@H]1C(F)(F)F. The van der Waals surface area contributed by atoms with Crippen LogP contribution in [0.3, 0.4) is 0 Å². The van der Waals surface area contributed by atoms with E-state index in [1.807, 2.05) is 0 Å². The van der Waals surface area contributed by atoms with Crippen LogP contribution >= 0.6 is 0 Å². The predicted octanol–water partition coefficient (Wildman–Crippen LogP) is 5.23. The summed E-state index contributed by atoms with van der Waals surface area (Å²) in [6.07, 6.45) is -0.776. The van der Waals surface area contributed by atoms with Crippen LogP contribution < -0.4 is 5.32 Å². The molecular formula is C20H22F3N3O2. The topological polar surface area (TPSA) is 68.0 Å². The van der Waals surface area contributed by atoms with Crippen molar-refractivity contribution in [1.29, 1.82) is 0 Å². The van der Waals surface area contributed by atoms with Gasteiger partial charge in [-0.1, -0.05) is 18.0 Å². The van der Waals surface area contributed by atoms with Crippen molar-refractivity contribution in [3.8, 4) is 11.5 Å². The Morgan fingerprint density at radius 2 is 1.93 bits per heavy atom. The summed E-state index contributed by atoms with van der Waals surface area (Å²) in [6, 6.07) is 5.20. The Kier molecular flexibility index (Phi) is 4.89. The molecule has 0 saturated heterocycles. The minimum atomic E-state index is -4.35. The number of carbonyl (C=O) groups is 1. The number of hydrogen-bond acceptors (Lipinski definition) is 4. The standard InChI is InChI=1S/C20H22F3N3O2/c1-11-10-13(19-25-17(26-28-19)12-6-7-12)8-9-16(11)24-18(27)14-4-2-3-5-15(14)20(21,22)23/h8-10,12,14-15H,2-7H2,1H3,(H,24,27)/t14-,15-/m1/s1. The molecule has 1 aromatic carbocycles. The van der Waals surface area contributed by atoms with E-state index in [1.165, 1.54) is 0 Å². The van der Waals surface area contributed by atoms with Crippen LogP contribution in [0.2, 0.25) is 0 Å². The van der Waals surface area contributed by atoms with E-state index in [0.717, 1.165) is 24.0 Å². The van der Waals surface area contributed by atoms with Gasteiger partial charge in [-0.05, 0) is 56.4 Å². The van der Waals surface area contributed by atoms with Crippen LogP contribution in [-0.2, 0) is 4.79 Å². The molecule has 1 aromatic heterocycles. The molecule has 0 radical (unpaired) electrons. The molecule has 2 saturated carbocycles. The molecule has 1 heterocycles. The Balaban J connectivity index is 1.48. The highest BCUT2D eigenvalue weighted by molar-refractivity contribution is 5.93. The summed E-state index contributed by atoms with van der Waals surface area (Å²) in [5.41, 5.74) is 1.96. The van der Waals surface area contributed by atoms with Gasteiger partial charge in [0.2, 0.25) is 5.91 Å². The normalized spacial score (nSPS) is 22.9. The van der Waals surface area contributed by atoms with E-state index in [0.29, 0.717) is 36.2 Å². The zero-order valence-corrected chi connectivity index (χ0v) is 15.6. The third-order valence-electron chi connectivity index (χ3n) is 5.64. The molecule has 2 aliphatic rings. The first kappa shape index (κ1) is 19.0. The van der Waals surface area contributed by atoms with Crippen LogP contribution in [0.4, 0.5) is 18.9 Å². The molecule has 2 aromatic rings. The molecule has 28 heavy (non-hydrogen) atoms. The summed E-state index contributed by atoms with van der Waals surface area (Å²) >= 11 is 0. The first-order chi connectivity index (χ1) is 13.3. The van der Waals surface area contributed by atoms with E-state index in [4.69, 9.17) is 4.52 Å². The van der Waals surface area contributed by atoms with Crippen LogP contribution in [0.5, 0.6) is 0 Å². The van der Waals surface area contributed by atoms with E-state index in [1.54, 1.807) is 25.1 Å². The summed E-state index contributed by atoms with van der Waals surface area (Å²) in [5, 5.41) is 6.67. The van der Waals surface area contributed by atoms with Gasteiger partial charge in [-0.15, -0.1) is 0 Å². The van der Waals surface area contributed by atoms with E-state index < -0.39 is 23.9 Å². The zero-order valence-electron chi connectivity index (χ0n) is 15.6. The first-order valence-corrected chi connectivity index (χ1v) is 9.65. The van der Waals surface area contributed by atoms with E-state index in [-0.39, 0.29) is 12.8 Å². The lowest BCUT2D eigenvalue weighted by Gasteiger charge is -2.32. The first-order valence-electron chi connectivity index (χ1n) is 9.65. The predicted molar refractivity (Wildman–Crippen MR) is 96.6 cm³/mol. The molecule has 0 spiro atoms. The van der Waals surface area contributed by atoms with Crippen molar-refractivity contribution in [2.75, 3.05) is 5.32 Å². The fourth-order valence-electron chi connectivity index (χ4n) is 3.86. The average Bonchev–Trinajstić information content (AvgIpc) is 3.39. The maximum atomic E-state index is 13.3. The Hall–Kier alpha value is -2.38. The van der Waals surface area contributed by atoms with Gasteiger partial charge in [0.05, 0.1) is 5.92 Å². The fourth-order valence-corrected chi connectivity index (χ4v) is 3.86. The highest BCUT2D eigenvalue weighted by atomic mass is 19.4. The molecule has 2 aliphatic carbocycles. The Morgan fingerprint density at radius 1 is 1.18 bits per heavy atom. The number of nitrogens with zero attached hydrogens (tertiary/aromatic N) is 2. The minimum absolute atomic E-state index is 0.0139. The van der Waals surface area contributed by atoms with Gasteiger partial charge in [0.25, 0.3) is 5.89 Å². The van der Waals surface area contributed by atoms with Gasteiger partial charge in [-0.3, -0.25) is 4.79 Å². The smallest absolute Gasteiger partial charge is 0.334 e. The maximum Gasteiger partial charge on any atom is 0.392 e. The van der Waals surface area contributed by atoms with Crippen LogP contribution in [0, 0.1) is 18.8 Å². The molecule has 2 fully saturated rings. The number of benzene rings is 1. The number of anilines is 1. The second-order valence-electron chi connectivity index (χ2n) is 7.79. The summed E-state index contributed by atoms with van der Waals surface area (Å²) < 4.78 is 45.1. The number of aromatic nitrogens is 2. The monoisotopic (exact) mass is 393 g/mol. The van der Waals surface area contributed by atoms with Gasteiger partial charge in [-0.2, -0.15) is 18.2 Å². The zero-order chi connectivity index (χ0) is 19.9. The van der Waals surface area contributed by atoms with Crippen molar-refractivity contribution >= 4 is 11.6 Å². The molecule has 1 N–H and O–H groups in total. The number of halogens is 3. The summed E-state index contributed by atoms with van der Waals surface area (Å²) in [6.45, 7) is 1.79. The van der Waals surface area contributed by atoms with E-state index >= 15 is 0 Å². The van der Waals surface area contributed by atoms with Crippen molar-refractivity contribution in [2.45, 2.75) is 57.5 Å². The highest BCUT2D eigenvalue weighted by Crippen LogP contribution is 2.42. The van der Waals surface area contributed by atoms with Crippen molar-refractivity contribution in [3.63, 3.8) is 0 Å². The van der Waals surface area contributed by atoms with Gasteiger partial charge >= 0.3 is 6.18 Å². The number of nitrogens with one attached hydrogen (secondary N) is 1. The Bertz CT molecular complexity index is 874. The van der Waals surface area contributed by atoms with Crippen molar-refractivity contribution in [2.24, 2.45) is 11.8 Å². The van der Waals surface area contributed by atoms with Crippen molar-refractivity contribution in [1.82, 2.24) is 10.1 Å². The molecule has 2 atom stereocenters. The van der Waals surface area contributed by atoms with Crippen molar-refractivity contribution in [3.05, 3.63) is 29.6 Å². The van der Waals surface area contributed by atoms with E-state index in [2.05, 4.69) is 15.5 Å². The van der Waals surface area contributed by atoms with Crippen LogP contribution in [0.25, 0.3) is 11.5 Å². The number of aryl methyl sites for hydroxylation is 1. The lowest BCUT2D eigenvalue weighted by molar-refractivity contribution is -0.197. The minimum Gasteiger partial charge on any atom is -0.334 e. The number of amides is 1. The Morgan fingerprint density at radius 3 is 2.61 bits per heavy atom. The lowest BCUT2D eigenvalue weighted by atomic mass is 9.78. The summed E-state index contributed by atoms with van der Waals surface area (Å²) in [7, 11) is 0. The van der Waals surface area contributed by atoms with E-state index in [9.17, 15) is 18.0 Å². The number of alkyl halides is 3. The molecular weight excluding hydrogens is 371 g/mol. The quantitative estimate of drug-likeness (QED) is 0.772. The largest absolute Gasteiger partial charge is 0.392 e. The molecule has 150 valence electrons. The summed E-state index contributed by atoms with van der Waals surface area (Å²) in [5.74, 6) is -1.67. The highest BCUT2D eigenvalue weighted by Gasteiger charge is 2.48. The van der Waals surface area contributed by atoms with Crippen LogP contribution in [0.1, 0.15) is 55.8 Å². The number of rotatable bonds is 4. The second-order valence-corrected chi connectivity index (χ2v) is 7.79. The maximum absolute atomic E-state index is 13.3. The van der Waals surface area contributed by atoms with Crippen LogP contribution in [-0.4, -0.2) is 22.2 Å². The van der Waals surface area contributed by atoms with Gasteiger partial charge in [-0.25, -0.2) is 0 Å². The van der Waals surface area contributed by atoms with Crippen LogP contribution in [0.15, 0.2) is 22.7 Å². The molecule has 4 rings (SSSR count). The second kappa shape index (κ2) is 7.22. The third-order valence-corrected chi connectivity index (χ3v) is 5.64. The number of carbonyl (C=O) groups excluding carboxylic acids is 1. The van der Waals surface area contributed by atoms with Gasteiger partial charge < -0.3 is 9.84 Å². The van der Waals surface area contributed by atoms with Gasteiger partial charge in [0.1, 0.15) is 0 Å².